The summed E-state index contributed by atoms with van der Waals surface area (Å²) in [5, 5.41) is 27.4. The molecule has 28 heavy (non-hydrogen) atoms. The number of nitrogens with one attached hydrogen (secondary N) is 1. The van der Waals surface area contributed by atoms with E-state index >= 15 is 0 Å². The van der Waals surface area contributed by atoms with Crippen molar-refractivity contribution in [2.45, 2.75) is 50.1 Å². The summed E-state index contributed by atoms with van der Waals surface area (Å²) in [4.78, 5) is 41.7. The number of carboxylic acids is 1. The third-order valence-corrected chi connectivity index (χ3v) is 6.94. The third kappa shape index (κ3) is 3.28. The molecule has 3 aliphatic heterocycles. The summed E-state index contributed by atoms with van der Waals surface area (Å²) in [5.74, 6) is -1.85. The number of likely N-dealkylation sites (tertiary alicyclic amines) is 1. The smallest absolute Gasteiger partial charge is 0.353 e. The van der Waals surface area contributed by atoms with E-state index in [4.69, 9.17) is 5.41 Å². The number of β-lactam (4-membered cyclic amide) rings is 1. The summed E-state index contributed by atoms with van der Waals surface area (Å²) in [7, 11) is 3.35. The highest BCUT2D eigenvalue weighted by atomic mass is 32.2. The number of rotatable bonds is 5. The van der Waals surface area contributed by atoms with Crippen LogP contribution in [0.5, 0.6) is 0 Å². The van der Waals surface area contributed by atoms with Gasteiger partial charge in [0.25, 0.3) is 0 Å². The lowest BCUT2D eigenvalue weighted by atomic mass is 9.83. The van der Waals surface area contributed by atoms with E-state index in [1.807, 2.05) is 0 Å². The molecule has 3 heterocycles. The molecule has 154 valence electrons. The van der Waals surface area contributed by atoms with Crippen LogP contribution in [0.1, 0.15) is 26.7 Å². The van der Waals surface area contributed by atoms with Gasteiger partial charge in [-0.3, -0.25) is 15.0 Å². The van der Waals surface area contributed by atoms with Crippen molar-refractivity contribution in [2.24, 2.45) is 5.92 Å². The average Bonchev–Trinajstić information content (AvgIpc) is 3.13. The molecular weight excluding hydrogens is 384 g/mol. The van der Waals surface area contributed by atoms with Gasteiger partial charge in [0, 0.05) is 37.2 Å². The number of likely N-dealkylation sites (N-methyl/N-ethyl adjacent to an activating group) is 1. The standard InChI is InChI=1S/C18H26N4O5S/c1-8(23)14-11-6-13(15(18(26)27)22(11)17(14)25)28-10-5-12(16(24)20(3)4)21(7-10)9(2)19/h8,10-12,14,19,23H,5-7H2,1-4H3,(H,26,27)/t8-,10+,11+,12+,14-/m1/s1. The van der Waals surface area contributed by atoms with Crippen LogP contribution in [-0.2, 0) is 14.4 Å². The van der Waals surface area contributed by atoms with Crippen LogP contribution in [0.2, 0.25) is 0 Å². The first-order valence-electron chi connectivity index (χ1n) is 9.21. The van der Waals surface area contributed by atoms with Gasteiger partial charge in [-0.05, 0) is 20.3 Å². The van der Waals surface area contributed by atoms with E-state index in [1.54, 1.807) is 32.8 Å². The van der Waals surface area contributed by atoms with Crippen LogP contribution >= 0.6 is 11.8 Å². The van der Waals surface area contributed by atoms with Gasteiger partial charge in [0.05, 0.1) is 23.9 Å². The molecule has 3 rings (SSSR count). The topological polar surface area (TPSA) is 125 Å². The lowest BCUT2D eigenvalue weighted by Gasteiger charge is -2.44. The van der Waals surface area contributed by atoms with Crippen molar-refractivity contribution in [3.63, 3.8) is 0 Å². The van der Waals surface area contributed by atoms with Gasteiger partial charge in [-0.1, -0.05) is 0 Å². The lowest BCUT2D eigenvalue weighted by molar-refractivity contribution is -0.161. The van der Waals surface area contributed by atoms with E-state index in [-0.39, 0.29) is 28.8 Å². The molecule has 2 fully saturated rings. The van der Waals surface area contributed by atoms with Crippen LogP contribution in [0.4, 0.5) is 0 Å². The SMILES string of the molecule is CC(=N)N1C[C@@H](SC2=C(C(=O)O)N3C(=O)[C@H]([C@@H](C)O)[C@@H]3C2)C[C@H]1C(=O)N(C)C. The van der Waals surface area contributed by atoms with E-state index in [9.17, 15) is 24.6 Å². The Morgan fingerprint density at radius 1 is 1.36 bits per heavy atom. The van der Waals surface area contributed by atoms with E-state index in [1.165, 1.54) is 21.6 Å². The summed E-state index contributed by atoms with van der Waals surface area (Å²) in [5.41, 5.74) is -0.00240. The molecule has 2 saturated heterocycles. The minimum absolute atomic E-state index is 0.00240. The van der Waals surface area contributed by atoms with Gasteiger partial charge in [-0.2, -0.15) is 0 Å². The molecule has 0 aromatic heterocycles. The first-order valence-corrected chi connectivity index (χ1v) is 10.1. The Morgan fingerprint density at radius 3 is 2.50 bits per heavy atom. The number of aliphatic carboxylic acids is 1. The van der Waals surface area contributed by atoms with Crippen molar-refractivity contribution in [1.82, 2.24) is 14.7 Å². The number of hydrogen-bond donors (Lipinski definition) is 3. The largest absolute Gasteiger partial charge is 0.477 e. The van der Waals surface area contributed by atoms with Crippen LogP contribution in [0.15, 0.2) is 10.6 Å². The van der Waals surface area contributed by atoms with Crippen LogP contribution in [0.25, 0.3) is 0 Å². The van der Waals surface area contributed by atoms with Gasteiger partial charge in [0.2, 0.25) is 11.8 Å². The number of carboxylic acid groups (broad SMARTS) is 1. The van der Waals surface area contributed by atoms with Gasteiger partial charge in [0.15, 0.2) is 0 Å². The summed E-state index contributed by atoms with van der Waals surface area (Å²) in [6, 6.07) is -0.758. The molecule has 2 amide bonds. The second-order valence-electron chi connectivity index (χ2n) is 7.78. The number of carbonyl (C=O) groups is 3. The number of carbonyl (C=O) groups excluding carboxylic acids is 2. The highest BCUT2D eigenvalue weighted by molar-refractivity contribution is 8.03. The van der Waals surface area contributed by atoms with Gasteiger partial charge in [0.1, 0.15) is 11.7 Å². The number of aliphatic hydroxyl groups excluding tert-OH is 1. The molecule has 0 radical (unpaired) electrons. The Morgan fingerprint density at radius 2 is 2.00 bits per heavy atom. The minimum Gasteiger partial charge on any atom is -0.477 e. The fourth-order valence-corrected chi connectivity index (χ4v) is 5.80. The number of aliphatic hydroxyl groups is 1. The molecule has 0 unspecified atom stereocenters. The van der Waals surface area contributed by atoms with Crippen molar-refractivity contribution < 1.29 is 24.6 Å². The highest BCUT2D eigenvalue weighted by Crippen LogP contribution is 2.49. The number of hydrogen-bond acceptors (Lipinski definition) is 6. The number of amidine groups is 1. The molecule has 0 spiro atoms. The molecular formula is C18H26N4O5S. The van der Waals surface area contributed by atoms with E-state index in [2.05, 4.69) is 0 Å². The fraction of sp³-hybridized carbons (Fsp3) is 0.667. The van der Waals surface area contributed by atoms with Crippen LogP contribution < -0.4 is 0 Å². The molecule has 0 aromatic carbocycles. The molecule has 9 nitrogen and oxygen atoms in total. The fourth-order valence-electron chi connectivity index (χ4n) is 4.32. The van der Waals surface area contributed by atoms with Gasteiger partial charge >= 0.3 is 5.97 Å². The normalized spacial score (nSPS) is 30.2. The molecule has 0 bridgehead atoms. The third-order valence-electron chi connectivity index (χ3n) is 5.62. The summed E-state index contributed by atoms with van der Waals surface area (Å²) < 4.78 is 0. The maximum atomic E-state index is 12.5. The summed E-state index contributed by atoms with van der Waals surface area (Å²) >= 11 is 1.38. The zero-order valence-corrected chi connectivity index (χ0v) is 17.2. The number of amides is 2. The Balaban J connectivity index is 1.80. The van der Waals surface area contributed by atoms with E-state index < -0.39 is 24.0 Å². The lowest BCUT2D eigenvalue weighted by Crippen LogP contribution is -2.61. The van der Waals surface area contributed by atoms with Crippen molar-refractivity contribution in [3.8, 4) is 0 Å². The Hall–Kier alpha value is -2.07. The van der Waals surface area contributed by atoms with Crippen LogP contribution in [-0.4, -0.2) is 92.6 Å². The van der Waals surface area contributed by atoms with Gasteiger partial charge in [-0.15, -0.1) is 11.8 Å². The number of fused-ring (bicyclic) bond motifs is 1. The molecule has 10 heteroatoms. The molecule has 0 saturated carbocycles. The van der Waals surface area contributed by atoms with Crippen molar-refractivity contribution in [1.29, 1.82) is 5.41 Å². The van der Waals surface area contributed by atoms with Crippen molar-refractivity contribution >= 4 is 35.4 Å². The predicted molar refractivity (Wildman–Crippen MR) is 104 cm³/mol. The molecule has 5 atom stereocenters. The van der Waals surface area contributed by atoms with Crippen LogP contribution in [0.3, 0.4) is 0 Å². The monoisotopic (exact) mass is 410 g/mol. The zero-order valence-electron chi connectivity index (χ0n) is 16.4. The van der Waals surface area contributed by atoms with E-state index in [0.717, 1.165) is 0 Å². The second-order valence-corrected chi connectivity index (χ2v) is 9.18. The quantitative estimate of drug-likeness (QED) is 0.335. The number of thioether (sulfide) groups is 1. The Labute approximate surface area is 167 Å². The first-order chi connectivity index (χ1) is 13.0. The van der Waals surface area contributed by atoms with Gasteiger partial charge in [-0.25, -0.2) is 4.79 Å². The Bertz CT molecular complexity index is 765. The molecule has 0 aliphatic carbocycles. The average molecular weight is 410 g/mol. The van der Waals surface area contributed by atoms with Crippen molar-refractivity contribution in [2.75, 3.05) is 20.6 Å². The molecule has 3 N–H and O–H groups in total. The van der Waals surface area contributed by atoms with Crippen LogP contribution in [0, 0.1) is 11.3 Å². The van der Waals surface area contributed by atoms with Crippen molar-refractivity contribution in [3.05, 3.63) is 10.6 Å². The van der Waals surface area contributed by atoms with E-state index in [0.29, 0.717) is 30.1 Å². The Kier molecular flexibility index (Phi) is 5.46. The number of nitrogens with zero attached hydrogens (tertiary/aromatic N) is 3. The zero-order chi connectivity index (χ0) is 20.9. The molecule has 0 aromatic rings. The predicted octanol–water partition coefficient (Wildman–Crippen LogP) is 0.156. The maximum Gasteiger partial charge on any atom is 0.353 e. The van der Waals surface area contributed by atoms with Gasteiger partial charge < -0.3 is 24.9 Å². The highest BCUT2D eigenvalue weighted by Gasteiger charge is 2.57. The minimum atomic E-state index is -1.15. The maximum absolute atomic E-state index is 12.5. The second kappa shape index (κ2) is 7.40. The molecule has 3 aliphatic rings. The first kappa shape index (κ1) is 20.7. The summed E-state index contributed by atoms with van der Waals surface area (Å²) in [6.45, 7) is 3.65. The summed E-state index contributed by atoms with van der Waals surface area (Å²) in [6.07, 6.45) is 0.0879.